The van der Waals surface area contributed by atoms with Gasteiger partial charge in [0.05, 0.1) is 6.07 Å². The van der Waals surface area contributed by atoms with Gasteiger partial charge in [0.15, 0.2) is 0 Å². The van der Waals surface area contributed by atoms with E-state index in [1.165, 1.54) is 44.9 Å². The first kappa shape index (κ1) is 17.8. The van der Waals surface area contributed by atoms with Crippen LogP contribution in [-0.4, -0.2) is 11.1 Å². The number of nitrogens with zero attached hydrogens (tertiary/aromatic N) is 1. The Morgan fingerprint density at radius 1 is 1.31 bits per heavy atom. The second-order valence-corrected chi connectivity index (χ2v) is 9.34. The molecular formula is C23H31NO2. The van der Waals surface area contributed by atoms with Gasteiger partial charge in [-0.05, 0) is 98.0 Å². The van der Waals surface area contributed by atoms with Crippen LogP contribution in [0.25, 0.3) is 0 Å². The molecule has 2 fully saturated rings. The van der Waals surface area contributed by atoms with Crippen LogP contribution in [0.4, 0.5) is 0 Å². The van der Waals surface area contributed by atoms with Crippen LogP contribution < -0.4 is 0 Å². The van der Waals surface area contributed by atoms with Crippen molar-refractivity contribution in [3.63, 3.8) is 0 Å². The molecule has 0 aromatic carbocycles. The maximum absolute atomic E-state index is 11.3. The number of carboxylic acid groups (broad SMARTS) is 1. The van der Waals surface area contributed by atoms with E-state index < -0.39 is 5.97 Å². The van der Waals surface area contributed by atoms with E-state index in [1.54, 1.807) is 16.7 Å². The molecule has 0 amide bonds. The Hall–Kier alpha value is -1.56. The first-order valence-corrected chi connectivity index (χ1v) is 10.5. The lowest BCUT2D eigenvalue weighted by Crippen LogP contribution is -2.45. The van der Waals surface area contributed by atoms with Gasteiger partial charge >= 0.3 is 5.97 Å². The van der Waals surface area contributed by atoms with E-state index in [0.29, 0.717) is 24.7 Å². The Bertz CT molecular complexity index is 712. The van der Waals surface area contributed by atoms with Crippen LogP contribution in [0.1, 0.15) is 84.0 Å². The average Bonchev–Trinajstić information content (AvgIpc) is 2.93. The molecule has 0 bridgehead atoms. The van der Waals surface area contributed by atoms with Crippen molar-refractivity contribution in [3.05, 3.63) is 22.8 Å². The lowest BCUT2D eigenvalue weighted by atomic mass is 9.51. The summed E-state index contributed by atoms with van der Waals surface area (Å²) in [5, 5.41) is 18.8. The Morgan fingerprint density at radius 3 is 2.92 bits per heavy atom. The van der Waals surface area contributed by atoms with Crippen molar-refractivity contribution < 1.29 is 9.90 Å². The van der Waals surface area contributed by atoms with E-state index in [0.717, 1.165) is 12.8 Å². The van der Waals surface area contributed by atoms with Gasteiger partial charge in [-0.2, -0.15) is 5.26 Å². The van der Waals surface area contributed by atoms with E-state index in [9.17, 15) is 15.2 Å². The third kappa shape index (κ3) is 2.56. The Kier molecular flexibility index (Phi) is 4.49. The molecule has 0 aromatic rings. The third-order valence-corrected chi connectivity index (χ3v) is 8.57. The molecule has 1 N–H and O–H groups in total. The second-order valence-electron chi connectivity index (χ2n) is 9.34. The smallest absolute Gasteiger partial charge is 0.303 e. The lowest BCUT2D eigenvalue weighted by molar-refractivity contribution is -0.138. The van der Waals surface area contributed by atoms with Crippen LogP contribution in [0.2, 0.25) is 0 Å². The predicted molar refractivity (Wildman–Crippen MR) is 101 cm³/mol. The molecule has 0 saturated heterocycles. The van der Waals surface area contributed by atoms with Crippen molar-refractivity contribution >= 4 is 5.97 Å². The monoisotopic (exact) mass is 353 g/mol. The normalized spacial score (nSPS) is 38.7. The fraction of sp³-hybridized carbons (Fsp3) is 0.739. The molecule has 0 radical (unpaired) electrons. The minimum atomic E-state index is -0.720. The Labute approximate surface area is 157 Å². The van der Waals surface area contributed by atoms with E-state index in [4.69, 9.17) is 0 Å². The van der Waals surface area contributed by atoms with Gasteiger partial charge in [-0.1, -0.05) is 18.6 Å². The summed E-state index contributed by atoms with van der Waals surface area (Å²) in [4.78, 5) is 11.3. The molecule has 3 heteroatoms. The van der Waals surface area contributed by atoms with E-state index in [-0.39, 0.29) is 17.3 Å². The van der Waals surface area contributed by atoms with Gasteiger partial charge in [0, 0.05) is 12.8 Å². The van der Waals surface area contributed by atoms with Crippen molar-refractivity contribution in [1.29, 1.82) is 5.26 Å². The molecule has 0 aromatic heterocycles. The van der Waals surface area contributed by atoms with Crippen LogP contribution >= 0.6 is 0 Å². The van der Waals surface area contributed by atoms with Gasteiger partial charge in [0.2, 0.25) is 0 Å². The highest BCUT2D eigenvalue weighted by Crippen LogP contribution is 2.69. The van der Waals surface area contributed by atoms with Crippen LogP contribution in [0.15, 0.2) is 22.8 Å². The summed E-state index contributed by atoms with van der Waals surface area (Å²) in [6.45, 7) is 2.40. The van der Waals surface area contributed by atoms with Gasteiger partial charge in [0.25, 0.3) is 0 Å². The van der Waals surface area contributed by atoms with Gasteiger partial charge in [-0.15, -0.1) is 0 Å². The van der Waals surface area contributed by atoms with Crippen molar-refractivity contribution in [2.24, 2.45) is 22.7 Å². The number of carbonyl (C=O) groups is 1. The first-order chi connectivity index (χ1) is 12.5. The zero-order chi connectivity index (χ0) is 18.4. The third-order valence-electron chi connectivity index (χ3n) is 8.57. The molecule has 3 nitrogen and oxygen atoms in total. The maximum atomic E-state index is 11.3. The van der Waals surface area contributed by atoms with Crippen LogP contribution in [0.3, 0.4) is 0 Å². The number of carboxylic acids is 1. The summed E-state index contributed by atoms with van der Waals surface area (Å²) in [6.07, 6.45) is 14.7. The molecule has 4 aliphatic rings. The van der Waals surface area contributed by atoms with Gasteiger partial charge in [-0.3, -0.25) is 4.79 Å². The van der Waals surface area contributed by atoms with Crippen LogP contribution in [0.5, 0.6) is 0 Å². The Balaban J connectivity index is 1.68. The SMILES string of the molecule is C[C@]12CCC3=C4CCCC=C4CCC3C1CC[C@]2(CC#N)CCC(=O)O. The van der Waals surface area contributed by atoms with Crippen molar-refractivity contribution in [2.75, 3.05) is 0 Å². The predicted octanol–water partition coefficient (Wildman–Crippen LogP) is 5.78. The second kappa shape index (κ2) is 6.55. The molecular weight excluding hydrogens is 322 g/mol. The molecule has 0 spiro atoms. The molecule has 26 heavy (non-hydrogen) atoms. The zero-order valence-corrected chi connectivity index (χ0v) is 16.0. The van der Waals surface area contributed by atoms with Gasteiger partial charge in [0.1, 0.15) is 0 Å². The highest BCUT2D eigenvalue weighted by atomic mass is 16.4. The van der Waals surface area contributed by atoms with E-state index >= 15 is 0 Å². The van der Waals surface area contributed by atoms with Crippen molar-refractivity contribution in [3.8, 4) is 6.07 Å². The quantitative estimate of drug-likeness (QED) is 0.697. The molecule has 4 rings (SSSR count). The van der Waals surface area contributed by atoms with Gasteiger partial charge < -0.3 is 5.11 Å². The number of rotatable bonds is 4. The molecule has 0 aliphatic heterocycles. The summed E-state index contributed by atoms with van der Waals surface area (Å²) in [6, 6.07) is 2.44. The summed E-state index contributed by atoms with van der Waals surface area (Å²) in [5.41, 5.74) is 5.11. The van der Waals surface area contributed by atoms with E-state index in [2.05, 4.69) is 19.1 Å². The highest BCUT2D eigenvalue weighted by Gasteiger charge is 2.60. The number of fused-ring (bicyclic) bond motifs is 4. The summed E-state index contributed by atoms with van der Waals surface area (Å²) in [5.74, 6) is 0.608. The largest absolute Gasteiger partial charge is 0.481 e. The molecule has 2 unspecified atom stereocenters. The molecule has 0 heterocycles. The summed E-state index contributed by atoms with van der Waals surface area (Å²) < 4.78 is 0. The van der Waals surface area contributed by atoms with Crippen molar-refractivity contribution in [2.45, 2.75) is 84.0 Å². The summed E-state index contributed by atoms with van der Waals surface area (Å²) >= 11 is 0. The fourth-order valence-electron chi connectivity index (χ4n) is 7.15. The number of hydrogen-bond donors (Lipinski definition) is 1. The molecule has 4 aliphatic carbocycles. The highest BCUT2D eigenvalue weighted by molar-refractivity contribution is 5.66. The number of aliphatic carboxylic acids is 1. The lowest BCUT2D eigenvalue weighted by Gasteiger charge is -2.53. The number of hydrogen-bond acceptors (Lipinski definition) is 2. The minimum absolute atomic E-state index is 0.0936. The minimum Gasteiger partial charge on any atom is -0.481 e. The fourth-order valence-corrected chi connectivity index (χ4v) is 7.15. The zero-order valence-electron chi connectivity index (χ0n) is 16.0. The number of allylic oxidation sites excluding steroid dienone is 4. The van der Waals surface area contributed by atoms with E-state index in [1.807, 2.05) is 0 Å². The first-order valence-electron chi connectivity index (χ1n) is 10.5. The van der Waals surface area contributed by atoms with Crippen LogP contribution in [-0.2, 0) is 4.79 Å². The molecule has 140 valence electrons. The molecule has 2 saturated carbocycles. The maximum Gasteiger partial charge on any atom is 0.303 e. The van der Waals surface area contributed by atoms with Crippen LogP contribution in [0, 0.1) is 34.0 Å². The van der Waals surface area contributed by atoms with Gasteiger partial charge in [-0.25, -0.2) is 0 Å². The topological polar surface area (TPSA) is 61.1 Å². The summed E-state index contributed by atoms with van der Waals surface area (Å²) in [7, 11) is 0. The van der Waals surface area contributed by atoms with Crippen molar-refractivity contribution in [1.82, 2.24) is 0 Å². The number of nitriles is 1. The average molecular weight is 354 g/mol. The molecule has 4 atom stereocenters. The Morgan fingerprint density at radius 2 is 2.15 bits per heavy atom. The standard InChI is InChI=1S/C23H31NO2/c1-22-11-8-18-17-5-3-2-4-16(17)6-7-19(18)20(22)9-12-23(22,14-15-24)13-10-21(25)26/h4,19-20H,2-3,5-14H2,1H3,(H,25,26)/t19?,20?,22-,23+/m0/s1.